The van der Waals surface area contributed by atoms with E-state index in [1.165, 1.54) is 0 Å². The zero-order valence-corrected chi connectivity index (χ0v) is 18.3. The van der Waals surface area contributed by atoms with E-state index in [2.05, 4.69) is 25.3 Å². The van der Waals surface area contributed by atoms with Crippen LogP contribution in [0.5, 0.6) is 0 Å². The summed E-state index contributed by atoms with van der Waals surface area (Å²) in [7, 11) is -8.06. The molecule has 0 aliphatic rings. The number of rotatable bonds is 12. The summed E-state index contributed by atoms with van der Waals surface area (Å²) in [5.41, 5.74) is 2.19. The van der Waals surface area contributed by atoms with Crippen molar-refractivity contribution in [1.82, 2.24) is 0 Å². The predicted molar refractivity (Wildman–Crippen MR) is 97.5 cm³/mol. The Hall–Kier alpha value is -0.0362. The van der Waals surface area contributed by atoms with Crippen molar-refractivity contribution in [2.75, 3.05) is 32.7 Å². The van der Waals surface area contributed by atoms with Crippen molar-refractivity contribution in [2.45, 2.75) is 46.8 Å². The zero-order valence-electron chi connectivity index (χ0n) is 15.5. The molecule has 0 aliphatic carbocycles. The summed E-state index contributed by atoms with van der Waals surface area (Å²) < 4.78 is 45.2. The topological polar surface area (TPSA) is 71.1 Å². The second-order valence-corrected chi connectivity index (χ2v) is 15.5. The highest BCUT2D eigenvalue weighted by molar-refractivity contribution is 7.85. The average molecular weight is 385 g/mol. The summed E-state index contributed by atoms with van der Waals surface area (Å²) in [4.78, 5) is 0. The molecule has 9 heteroatoms. The van der Waals surface area contributed by atoms with Crippen molar-refractivity contribution in [1.29, 1.82) is 0 Å². The van der Waals surface area contributed by atoms with Crippen LogP contribution in [-0.2, 0) is 27.6 Å². The molecule has 0 saturated carbocycles. The van der Waals surface area contributed by atoms with Crippen LogP contribution in [-0.4, -0.2) is 58.0 Å². The van der Waals surface area contributed by atoms with Gasteiger partial charge in [0.2, 0.25) is 0 Å². The quantitative estimate of drug-likeness (QED) is 0.380. The Morgan fingerprint density at radius 1 is 0.957 bits per heavy atom. The summed E-state index contributed by atoms with van der Waals surface area (Å²) in [6.45, 7) is 13.8. The Morgan fingerprint density at radius 2 is 1.39 bits per heavy atom. The molecule has 0 heterocycles. The molecule has 0 fully saturated rings. The van der Waals surface area contributed by atoms with Gasteiger partial charge in [-0.1, -0.05) is 25.3 Å². The SMILES string of the molecule is CCO[Si](OCC)(OCC)/C(=C/[Si](C)(C)C)CCOS(C)(=O)=O. The van der Waals surface area contributed by atoms with Gasteiger partial charge in [-0.3, -0.25) is 4.18 Å². The van der Waals surface area contributed by atoms with E-state index < -0.39 is 27.0 Å². The van der Waals surface area contributed by atoms with Crippen LogP contribution >= 0.6 is 0 Å². The maximum atomic E-state index is 11.2. The fraction of sp³-hybridized carbons (Fsp3) is 0.857. The summed E-state index contributed by atoms with van der Waals surface area (Å²) in [5, 5.41) is 0.922. The first-order valence-corrected chi connectivity index (χ1v) is 15.1. The van der Waals surface area contributed by atoms with E-state index >= 15 is 0 Å². The molecule has 0 unspecified atom stereocenters. The Kier molecular flexibility index (Phi) is 10.1. The van der Waals surface area contributed by atoms with Gasteiger partial charge < -0.3 is 13.3 Å². The molecular weight excluding hydrogens is 352 g/mol. The highest BCUT2D eigenvalue weighted by Crippen LogP contribution is 2.26. The maximum absolute atomic E-state index is 11.2. The smallest absolute Gasteiger partial charge is 0.371 e. The first-order valence-electron chi connectivity index (χ1n) is 7.98. The van der Waals surface area contributed by atoms with Crippen LogP contribution in [0.4, 0.5) is 0 Å². The first-order chi connectivity index (χ1) is 10.5. The predicted octanol–water partition coefficient (Wildman–Crippen LogP) is 2.74. The fourth-order valence-electron chi connectivity index (χ4n) is 2.11. The lowest BCUT2D eigenvalue weighted by Crippen LogP contribution is -2.49. The van der Waals surface area contributed by atoms with Crippen molar-refractivity contribution >= 4 is 27.0 Å². The Balaban J connectivity index is 5.59. The van der Waals surface area contributed by atoms with Crippen molar-refractivity contribution in [2.24, 2.45) is 0 Å². The zero-order chi connectivity index (χ0) is 18.1. The van der Waals surface area contributed by atoms with Gasteiger partial charge in [0.1, 0.15) is 0 Å². The maximum Gasteiger partial charge on any atom is 0.532 e. The van der Waals surface area contributed by atoms with Gasteiger partial charge in [-0.25, -0.2) is 0 Å². The summed E-state index contributed by atoms with van der Waals surface area (Å²) in [6.07, 6.45) is 1.47. The van der Waals surface area contributed by atoms with Gasteiger partial charge in [-0.15, -0.1) is 0 Å². The second kappa shape index (κ2) is 10.1. The molecule has 0 rings (SSSR count). The van der Waals surface area contributed by atoms with Crippen molar-refractivity contribution in [3.05, 3.63) is 10.9 Å². The molecule has 6 nitrogen and oxygen atoms in total. The molecule has 0 saturated heterocycles. The van der Waals surface area contributed by atoms with Crippen LogP contribution in [0.15, 0.2) is 10.9 Å². The third kappa shape index (κ3) is 9.75. The summed E-state index contributed by atoms with van der Waals surface area (Å²) in [6, 6.07) is 0. The largest absolute Gasteiger partial charge is 0.532 e. The van der Waals surface area contributed by atoms with Gasteiger partial charge in [0.05, 0.1) is 20.9 Å². The van der Waals surface area contributed by atoms with Crippen LogP contribution in [0.2, 0.25) is 19.6 Å². The summed E-state index contributed by atoms with van der Waals surface area (Å²) >= 11 is 0. The molecule has 0 aromatic heterocycles. The molecular formula is C14H32O6SSi2. The first kappa shape index (κ1) is 23.0. The van der Waals surface area contributed by atoms with Crippen molar-refractivity contribution < 1.29 is 25.9 Å². The van der Waals surface area contributed by atoms with E-state index in [1.807, 2.05) is 20.8 Å². The van der Waals surface area contributed by atoms with Crippen molar-refractivity contribution in [3.8, 4) is 0 Å². The van der Waals surface area contributed by atoms with Gasteiger partial charge in [0.15, 0.2) is 0 Å². The van der Waals surface area contributed by atoms with E-state index in [9.17, 15) is 8.42 Å². The minimum absolute atomic E-state index is 0.0666. The van der Waals surface area contributed by atoms with E-state index in [1.54, 1.807) is 0 Å². The van der Waals surface area contributed by atoms with Crippen LogP contribution < -0.4 is 0 Å². The van der Waals surface area contributed by atoms with Crippen LogP contribution in [0.1, 0.15) is 27.2 Å². The Morgan fingerprint density at radius 3 is 1.70 bits per heavy atom. The van der Waals surface area contributed by atoms with E-state index in [0.29, 0.717) is 26.2 Å². The molecule has 0 aromatic carbocycles. The third-order valence-electron chi connectivity index (χ3n) is 2.67. The highest BCUT2D eigenvalue weighted by Gasteiger charge is 2.45. The lowest BCUT2D eigenvalue weighted by atomic mass is 10.4. The monoisotopic (exact) mass is 384 g/mol. The molecule has 0 N–H and O–H groups in total. The molecule has 0 aliphatic heterocycles. The molecule has 0 spiro atoms. The van der Waals surface area contributed by atoms with Crippen LogP contribution in [0, 0.1) is 0 Å². The highest BCUT2D eigenvalue weighted by atomic mass is 32.2. The van der Waals surface area contributed by atoms with E-state index in [0.717, 1.165) is 11.5 Å². The molecule has 0 bridgehead atoms. The molecule has 0 radical (unpaired) electrons. The van der Waals surface area contributed by atoms with Crippen molar-refractivity contribution in [3.63, 3.8) is 0 Å². The Labute approximate surface area is 143 Å². The van der Waals surface area contributed by atoms with Gasteiger partial charge in [0, 0.05) is 19.8 Å². The number of hydrogen-bond acceptors (Lipinski definition) is 6. The van der Waals surface area contributed by atoms with Crippen LogP contribution in [0.3, 0.4) is 0 Å². The van der Waals surface area contributed by atoms with E-state index in [4.69, 9.17) is 17.5 Å². The lowest BCUT2D eigenvalue weighted by molar-refractivity contribution is 0.0791. The van der Waals surface area contributed by atoms with Crippen LogP contribution in [0.25, 0.3) is 0 Å². The molecule has 138 valence electrons. The molecule has 0 amide bonds. The molecule has 23 heavy (non-hydrogen) atoms. The summed E-state index contributed by atoms with van der Waals surface area (Å²) in [5.74, 6) is 0. The normalized spacial score (nSPS) is 14.3. The fourth-order valence-corrected chi connectivity index (χ4v) is 8.05. The van der Waals surface area contributed by atoms with Gasteiger partial charge in [-0.2, -0.15) is 8.42 Å². The lowest BCUT2D eigenvalue weighted by Gasteiger charge is -2.32. The minimum atomic E-state index is -3.47. The standard InChI is InChI=1S/C14H32O6SSi2/c1-8-18-23(19-9-2,20-10-3)14(13-22(5,6)7)11-12-17-21(4,15)16/h13H,8-12H2,1-7H3/b14-13+. The number of hydrogen-bond donors (Lipinski definition) is 0. The van der Waals surface area contributed by atoms with Gasteiger partial charge >= 0.3 is 8.80 Å². The van der Waals surface area contributed by atoms with Gasteiger partial charge in [-0.05, 0) is 32.4 Å². The second-order valence-electron chi connectivity index (χ2n) is 6.17. The molecule has 0 atom stereocenters. The minimum Gasteiger partial charge on any atom is -0.371 e. The van der Waals surface area contributed by atoms with E-state index in [-0.39, 0.29) is 6.61 Å². The molecule has 0 aromatic rings. The Bertz CT molecular complexity index is 453. The van der Waals surface area contributed by atoms with Gasteiger partial charge in [0.25, 0.3) is 10.1 Å². The third-order valence-corrected chi connectivity index (χ3v) is 7.96. The average Bonchev–Trinajstić information content (AvgIpc) is 2.35.